The molecule has 2 atom stereocenters. The van der Waals surface area contributed by atoms with Crippen molar-refractivity contribution in [1.29, 1.82) is 10.5 Å². The molecule has 0 fully saturated rings. The molecule has 0 saturated heterocycles. The third kappa shape index (κ3) is 11.0. The molecule has 111 heavy (non-hydrogen) atoms. The molecule has 18 heteroatoms. The van der Waals surface area contributed by atoms with Gasteiger partial charge in [-0.2, -0.15) is 10.5 Å². The Labute approximate surface area is 646 Å². The first-order chi connectivity index (χ1) is 54.7. The Hall–Kier alpha value is -12.3. The van der Waals surface area contributed by atoms with Gasteiger partial charge in [0.15, 0.2) is 0 Å². The van der Waals surface area contributed by atoms with Crippen LogP contribution in [0, 0.1) is 49.0 Å². The number of nitrogens with zero attached hydrogens (tertiary/aromatic N) is 12. The summed E-state index contributed by atoms with van der Waals surface area (Å²) in [6.45, 7) is 41.7. The normalized spacial score (nSPS) is 19.3. The average molecular weight is 1460 g/mol. The maximum absolute atomic E-state index is 10.1. The van der Waals surface area contributed by atoms with E-state index in [0.717, 1.165) is 168 Å². The van der Waals surface area contributed by atoms with E-state index in [4.69, 9.17) is 54.7 Å². The molecular weight excluding hydrogens is 1380 g/mol. The number of hydrogen-bond donors (Lipinski definition) is 0. The molecule has 18 nitrogen and oxygen atoms in total. The molecule has 6 aliphatic heterocycles. The van der Waals surface area contributed by atoms with Gasteiger partial charge in [-0.1, -0.05) is 109 Å². The monoisotopic (exact) mass is 1460 g/mol. The fraction of sp³-hybridized carbons (Fsp3) is 0.290. The third-order valence-corrected chi connectivity index (χ3v) is 24.4. The van der Waals surface area contributed by atoms with Gasteiger partial charge in [-0.15, -0.1) is 0 Å². The van der Waals surface area contributed by atoms with Gasteiger partial charge in [-0.3, -0.25) is 29.4 Å². The largest absolute Gasteiger partial charge is 0.478 e. The van der Waals surface area contributed by atoms with Gasteiger partial charge < -0.3 is 47.8 Å². The lowest BCUT2D eigenvalue weighted by Gasteiger charge is -2.41. The van der Waals surface area contributed by atoms with Gasteiger partial charge in [-0.25, -0.2) is 26.3 Å². The van der Waals surface area contributed by atoms with Gasteiger partial charge in [0, 0.05) is 98.6 Å². The highest BCUT2D eigenvalue weighted by Crippen LogP contribution is 2.73. The molecule has 0 radical (unpaired) electrons. The van der Waals surface area contributed by atoms with Gasteiger partial charge in [0.1, 0.15) is 74.9 Å². The number of hydrogen-bond acceptors (Lipinski definition) is 14. The summed E-state index contributed by atoms with van der Waals surface area (Å²) in [5.41, 5.74) is 21.8. The van der Waals surface area contributed by atoms with Crippen LogP contribution >= 0.6 is 0 Å². The number of ether oxygens (including phenoxy) is 6. The zero-order valence-corrected chi connectivity index (χ0v) is 61.6. The van der Waals surface area contributed by atoms with Crippen LogP contribution < -0.4 is 28.4 Å². The van der Waals surface area contributed by atoms with Gasteiger partial charge in [-0.05, 0) is 173 Å². The third-order valence-electron chi connectivity index (χ3n) is 24.4. The maximum Gasteiger partial charge on any atom is 0.227 e. The Kier molecular flexibility index (Phi) is 17.6. The minimum absolute atomic E-state index is 0.331. The quantitative estimate of drug-likeness (QED) is 0.0753. The summed E-state index contributed by atoms with van der Waals surface area (Å²) in [4.78, 5) is 28.6. The molecule has 10 aromatic rings. The second-order valence-corrected chi connectivity index (χ2v) is 30.4. The van der Waals surface area contributed by atoms with Crippen LogP contribution in [0.4, 0.5) is 0 Å². The highest BCUT2D eigenvalue weighted by Gasteiger charge is 2.62. The summed E-state index contributed by atoms with van der Waals surface area (Å²) < 4.78 is 40.5. The standard InChI is InChI=1S/C93H78N12O6/c1-96-33-39-102-51-63-45-69(21-27-81(63)108-57-102)91(67-19-25-79-61(43-67)49-100(55-106-79)37-11-31-94)76-16-8-5-13-73(76)85-88-86(74-14-6-9-17-77(74)92(88,68-20-26-80-62(44-68)50-101(56-107-80)38-12-32-95)70-22-28-82-64(46-70)52-103(58-109-82)40-34-97-2)90-87(89(85)91)75-15-7-10-18-78(75)93(90,71-23-29-83-65(47-71)53-104(59-110-83)41-35-98-3)72-24-30-84-66(48-72)54-105(60-111-84)42-36-99-4/h5-10,13-30,43-48H,11-12,33-42,49-60H2. The minimum atomic E-state index is -1.18. The Bertz CT molecular complexity index is 4940. The molecule has 0 N–H and O–H groups in total. The van der Waals surface area contributed by atoms with Crippen LogP contribution in [0.25, 0.3) is 52.8 Å². The number of fused-ring (bicyclic) bond motifs is 18. The van der Waals surface area contributed by atoms with E-state index in [2.05, 4.69) is 243 Å². The molecule has 0 amide bonds. The maximum atomic E-state index is 10.1. The predicted octanol–water partition coefficient (Wildman–Crippen LogP) is 15.2. The lowest BCUT2D eigenvalue weighted by Crippen LogP contribution is -2.37. The van der Waals surface area contributed by atoms with Crippen molar-refractivity contribution in [3.8, 4) is 80.0 Å². The van der Waals surface area contributed by atoms with E-state index in [0.29, 0.717) is 158 Å². The number of rotatable bonds is 18. The van der Waals surface area contributed by atoms with Crippen LogP contribution in [0.1, 0.15) is 113 Å². The van der Waals surface area contributed by atoms with E-state index < -0.39 is 16.2 Å². The fourth-order valence-electron chi connectivity index (χ4n) is 19.7. The van der Waals surface area contributed by atoms with E-state index in [1.165, 1.54) is 0 Å². The molecule has 3 aliphatic carbocycles. The molecular formula is C93H78N12O6. The summed E-state index contributed by atoms with van der Waals surface area (Å²) in [7, 11) is 0. The zero-order chi connectivity index (χ0) is 75.0. The average Bonchev–Trinajstić information content (AvgIpc) is 1.46. The lowest BCUT2D eigenvalue weighted by atomic mass is 9.60. The molecule has 19 rings (SSSR count). The van der Waals surface area contributed by atoms with Crippen LogP contribution in [-0.4, -0.2) is 135 Å². The van der Waals surface area contributed by atoms with Crippen LogP contribution in [0.3, 0.4) is 0 Å². The molecule has 0 saturated carbocycles. The van der Waals surface area contributed by atoms with Crippen LogP contribution in [0.2, 0.25) is 0 Å². The molecule has 0 aromatic heterocycles. The molecule has 0 spiro atoms. The molecule has 0 bridgehead atoms. The van der Waals surface area contributed by atoms with E-state index in [9.17, 15) is 10.5 Å². The minimum Gasteiger partial charge on any atom is -0.478 e. The smallest absolute Gasteiger partial charge is 0.227 e. The molecule has 2 unspecified atom stereocenters. The van der Waals surface area contributed by atoms with Crippen molar-refractivity contribution in [3.05, 3.63) is 328 Å². The highest BCUT2D eigenvalue weighted by molar-refractivity contribution is 6.09. The Morgan fingerprint density at radius 2 is 0.514 bits per heavy atom. The highest BCUT2D eigenvalue weighted by atomic mass is 16.5. The van der Waals surface area contributed by atoms with E-state index in [1.807, 2.05) is 0 Å². The van der Waals surface area contributed by atoms with Crippen molar-refractivity contribution in [1.82, 2.24) is 29.4 Å². The van der Waals surface area contributed by atoms with E-state index in [-0.39, 0.29) is 0 Å². The van der Waals surface area contributed by atoms with Crippen molar-refractivity contribution in [3.63, 3.8) is 0 Å². The zero-order valence-electron chi connectivity index (χ0n) is 61.6. The fourth-order valence-corrected chi connectivity index (χ4v) is 19.7. The van der Waals surface area contributed by atoms with Gasteiger partial charge in [0.25, 0.3) is 0 Å². The van der Waals surface area contributed by atoms with Gasteiger partial charge >= 0.3 is 0 Å². The van der Waals surface area contributed by atoms with Gasteiger partial charge in [0.05, 0.1) is 54.6 Å². The van der Waals surface area contributed by atoms with E-state index in [1.54, 1.807) is 0 Å². The van der Waals surface area contributed by atoms with Crippen molar-refractivity contribution < 1.29 is 28.4 Å². The summed E-state index contributed by atoms with van der Waals surface area (Å²) in [5.74, 6) is 4.77. The molecule has 546 valence electrons. The van der Waals surface area contributed by atoms with Crippen molar-refractivity contribution in [2.75, 3.05) is 106 Å². The second-order valence-electron chi connectivity index (χ2n) is 30.4. The first-order valence-corrected chi connectivity index (χ1v) is 38.2. The predicted molar refractivity (Wildman–Crippen MR) is 420 cm³/mol. The lowest BCUT2D eigenvalue weighted by molar-refractivity contribution is 0.0974. The topological polar surface area (TPSA) is 140 Å². The van der Waals surface area contributed by atoms with Gasteiger partial charge in [0.2, 0.25) is 26.2 Å². The van der Waals surface area contributed by atoms with Crippen molar-refractivity contribution in [2.24, 2.45) is 0 Å². The first kappa shape index (κ1) is 69.2. The summed E-state index contributed by atoms with van der Waals surface area (Å²) >= 11 is 0. The number of benzene rings is 10. The van der Waals surface area contributed by atoms with E-state index >= 15 is 0 Å². The SMILES string of the molecule is [C-]#[N+]CCN1COc2ccc(C3(c4ccc5c(c4)CN(CCC#N)CO5)c4ccccc4-c4c3c3c(c5c4C(c4ccc6c(c4)CN(CCC#N)CO6)(c4ccc6c(c4)CN(CC[N+]#[C-])CO6)c4ccccc4-5)C(c4ccc5c(c4)CN(CC[N+]#[C-])CO5)(c4ccc5c(c4)CN(CC[N+]#[C-])CO5)c4ccccc4-3)cc2C1. The number of nitriles is 2. The Balaban J connectivity index is 1.02. The molecule has 9 aliphatic rings. The first-order valence-electron chi connectivity index (χ1n) is 38.2. The van der Waals surface area contributed by atoms with Crippen LogP contribution in [0.5, 0.6) is 34.5 Å². The van der Waals surface area contributed by atoms with Crippen molar-refractivity contribution in [2.45, 2.75) is 68.4 Å². The van der Waals surface area contributed by atoms with Crippen LogP contribution in [-0.2, 0) is 55.5 Å². The Morgan fingerprint density at radius 1 is 0.297 bits per heavy atom. The summed E-state index contributed by atoms with van der Waals surface area (Å²) in [6, 6.07) is 73.5. The summed E-state index contributed by atoms with van der Waals surface area (Å²) in [5, 5.41) is 20.1. The van der Waals surface area contributed by atoms with Crippen molar-refractivity contribution >= 4 is 0 Å². The Morgan fingerprint density at radius 3 is 0.730 bits per heavy atom. The second kappa shape index (κ2) is 28.3. The molecule has 6 heterocycles. The molecule has 10 aromatic carbocycles. The van der Waals surface area contributed by atoms with Crippen LogP contribution in [0.15, 0.2) is 182 Å². The summed E-state index contributed by atoms with van der Waals surface area (Å²) in [6.07, 6.45) is 0.694.